The number of hydrogen-bond donors (Lipinski definition) is 1. The molecule has 0 saturated carbocycles. The molecule has 3 aromatic rings. The van der Waals surface area contributed by atoms with E-state index in [1.807, 2.05) is 24.3 Å². The molecule has 0 radical (unpaired) electrons. The number of anilines is 1. The predicted molar refractivity (Wildman–Crippen MR) is 88.8 cm³/mol. The Balaban J connectivity index is 1.97. The number of amides is 1. The van der Waals surface area contributed by atoms with Crippen molar-refractivity contribution >= 4 is 50.0 Å². The number of carbonyl (C=O) groups excluding carboxylic acids is 1. The molecule has 0 fully saturated rings. The number of para-hydroxylation sites is 1. The van der Waals surface area contributed by atoms with Gasteiger partial charge in [0.05, 0.1) is 16.8 Å². The highest BCUT2D eigenvalue weighted by atomic mass is 79.9. The second-order valence-electron chi connectivity index (χ2n) is 4.46. The number of aromatic nitrogens is 1. The zero-order valence-electron chi connectivity index (χ0n) is 10.8. The fourth-order valence-corrected chi connectivity index (χ4v) is 2.85. The van der Waals surface area contributed by atoms with Crippen LogP contribution in [-0.2, 0) is 0 Å². The van der Waals surface area contributed by atoms with Crippen LogP contribution in [0.25, 0.3) is 10.9 Å². The smallest absolute Gasteiger partial charge is 0.257 e. The highest BCUT2D eigenvalue weighted by Gasteiger charge is 2.12. The van der Waals surface area contributed by atoms with Crippen molar-refractivity contribution in [3.8, 4) is 0 Å². The van der Waals surface area contributed by atoms with Crippen molar-refractivity contribution in [2.45, 2.75) is 0 Å². The first kappa shape index (κ1) is 14.0. The van der Waals surface area contributed by atoms with E-state index in [-0.39, 0.29) is 5.91 Å². The van der Waals surface area contributed by atoms with E-state index in [1.165, 1.54) is 0 Å². The second-order valence-corrected chi connectivity index (χ2v) is 5.75. The van der Waals surface area contributed by atoms with Crippen LogP contribution < -0.4 is 5.32 Å². The highest BCUT2D eigenvalue weighted by molar-refractivity contribution is 9.10. The number of fused-ring (bicyclic) bond motifs is 1. The molecule has 2 aromatic carbocycles. The van der Waals surface area contributed by atoms with Gasteiger partial charge in [-0.05, 0) is 46.3 Å². The van der Waals surface area contributed by atoms with Gasteiger partial charge in [-0.3, -0.25) is 9.78 Å². The van der Waals surface area contributed by atoms with Gasteiger partial charge in [-0.2, -0.15) is 0 Å². The maximum Gasteiger partial charge on any atom is 0.257 e. The van der Waals surface area contributed by atoms with Crippen LogP contribution in [0.1, 0.15) is 10.4 Å². The first-order valence-electron chi connectivity index (χ1n) is 6.25. The molecular weight excluding hydrogens is 352 g/mol. The normalized spacial score (nSPS) is 10.6. The lowest BCUT2D eigenvalue weighted by Gasteiger charge is -2.09. The van der Waals surface area contributed by atoms with E-state index in [0.29, 0.717) is 21.8 Å². The molecule has 0 spiro atoms. The lowest BCUT2D eigenvalue weighted by molar-refractivity contribution is 0.102. The minimum Gasteiger partial charge on any atom is -0.321 e. The third kappa shape index (κ3) is 2.91. The Kier molecular flexibility index (Phi) is 3.90. The van der Waals surface area contributed by atoms with Gasteiger partial charge in [0.15, 0.2) is 0 Å². The summed E-state index contributed by atoms with van der Waals surface area (Å²) < 4.78 is 0.733. The molecule has 1 amide bonds. The van der Waals surface area contributed by atoms with Crippen LogP contribution in [0.3, 0.4) is 0 Å². The van der Waals surface area contributed by atoms with Crippen molar-refractivity contribution in [2.75, 3.05) is 5.32 Å². The van der Waals surface area contributed by atoms with Crippen LogP contribution in [0.15, 0.2) is 59.2 Å². The number of pyridine rings is 1. The summed E-state index contributed by atoms with van der Waals surface area (Å²) in [7, 11) is 0. The average molecular weight is 362 g/mol. The van der Waals surface area contributed by atoms with Crippen molar-refractivity contribution < 1.29 is 4.79 Å². The summed E-state index contributed by atoms with van der Waals surface area (Å²) in [4.78, 5) is 16.7. The number of benzene rings is 2. The Morgan fingerprint density at radius 2 is 1.95 bits per heavy atom. The number of rotatable bonds is 2. The lowest BCUT2D eigenvalue weighted by atomic mass is 10.1. The molecule has 1 N–H and O–H groups in total. The first-order chi connectivity index (χ1) is 10.1. The van der Waals surface area contributed by atoms with Gasteiger partial charge in [-0.1, -0.05) is 29.8 Å². The van der Waals surface area contributed by atoms with Crippen molar-refractivity contribution in [3.05, 3.63) is 69.8 Å². The van der Waals surface area contributed by atoms with Gasteiger partial charge >= 0.3 is 0 Å². The summed E-state index contributed by atoms with van der Waals surface area (Å²) in [5.41, 5.74) is 1.88. The molecule has 0 aliphatic rings. The van der Waals surface area contributed by atoms with E-state index in [0.717, 1.165) is 9.86 Å². The monoisotopic (exact) mass is 360 g/mol. The summed E-state index contributed by atoms with van der Waals surface area (Å²) >= 11 is 9.28. The number of hydrogen-bond acceptors (Lipinski definition) is 2. The van der Waals surface area contributed by atoms with E-state index in [2.05, 4.69) is 26.2 Å². The Bertz CT molecular complexity index is 830. The lowest BCUT2D eigenvalue weighted by Crippen LogP contribution is -2.13. The number of nitrogens with zero attached hydrogens (tertiary/aromatic N) is 1. The molecule has 21 heavy (non-hydrogen) atoms. The second kappa shape index (κ2) is 5.84. The zero-order valence-corrected chi connectivity index (χ0v) is 13.1. The van der Waals surface area contributed by atoms with E-state index in [9.17, 15) is 4.79 Å². The molecule has 3 nitrogen and oxygen atoms in total. The molecule has 0 unspecified atom stereocenters. The number of halogens is 2. The van der Waals surface area contributed by atoms with Gasteiger partial charge in [0, 0.05) is 21.1 Å². The highest BCUT2D eigenvalue weighted by Crippen LogP contribution is 2.27. The molecule has 0 atom stereocenters. The third-order valence-electron chi connectivity index (χ3n) is 3.06. The van der Waals surface area contributed by atoms with Crippen LogP contribution in [-0.4, -0.2) is 10.9 Å². The quantitative estimate of drug-likeness (QED) is 0.705. The Hall–Kier alpha value is -1.91. The standard InChI is InChI=1S/C16H10BrClN2O/c17-13-9-11(18)6-7-14(13)20-16(21)12-5-1-3-10-4-2-8-19-15(10)12/h1-9H,(H,20,21). The van der Waals surface area contributed by atoms with Crippen molar-refractivity contribution in [2.24, 2.45) is 0 Å². The largest absolute Gasteiger partial charge is 0.321 e. The molecule has 5 heteroatoms. The topological polar surface area (TPSA) is 42.0 Å². The van der Waals surface area contributed by atoms with Crippen molar-refractivity contribution in [1.82, 2.24) is 4.98 Å². The van der Waals surface area contributed by atoms with Crippen LogP contribution in [0.2, 0.25) is 5.02 Å². The van der Waals surface area contributed by atoms with Crippen LogP contribution in [0, 0.1) is 0 Å². The van der Waals surface area contributed by atoms with Gasteiger partial charge in [0.2, 0.25) is 0 Å². The molecule has 104 valence electrons. The van der Waals surface area contributed by atoms with Crippen LogP contribution in [0.5, 0.6) is 0 Å². The number of carbonyl (C=O) groups is 1. The average Bonchev–Trinajstić information content (AvgIpc) is 2.49. The van der Waals surface area contributed by atoms with E-state index < -0.39 is 0 Å². The SMILES string of the molecule is O=C(Nc1ccc(Cl)cc1Br)c1cccc2cccnc12. The first-order valence-corrected chi connectivity index (χ1v) is 7.42. The summed E-state index contributed by atoms with van der Waals surface area (Å²) in [5, 5.41) is 4.40. The summed E-state index contributed by atoms with van der Waals surface area (Å²) in [6.45, 7) is 0. The minimum atomic E-state index is -0.206. The van der Waals surface area contributed by atoms with E-state index in [4.69, 9.17) is 11.6 Å². The fraction of sp³-hybridized carbons (Fsp3) is 0. The van der Waals surface area contributed by atoms with Crippen LogP contribution in [0.4, 0.5) is 5.69 Å². The molecule has 3 rings (SSSR count). The molecule has 1 heterocycles. The Morgan fingerprint density at radius 1 is 1.14 bits per heavy atom. The van der Waals surface area contributed by atoms with Crippen molar-refractivity contribution in [3.63, 3.8) is 0 Å². The van der Waals surface area contributed by atoms with Gasteiger partial charge in [0.25, 0.3) is 5.91 Å². The van der Waals surface area contributed by atoms with E-state index in [1.54, 1.807) is 30.5 Å². The maximum atomic E-state index is 12.5. The van der Waals surface area contributed by atoms with Gasteiger partial charge in [-0.25, -0.2) is 0 Å². The van der Waals surface area contributed by atoms with Gasteiger partial charge < -0.3 is 5.32 Å². The van der Waals surface area contributed by atoms with Gasteiger partial charge in [0.1, 0.15) is 0 Å². The van der Waals surface area contributed by atoms with Crippen molar-refractivity contribution in [1.29, 1.82) is 0 Å². The predicted octanol–water partition coefficient (Wildman–Crippen LogP) is 4.90. The molecule has 0 bridgehead atoms. The van der Waals surface area contributed by atoms with Gasteiger partial charge in [-0.15, -0.1) is 0 Å². The summed E-state index contributed by atoms with van der Waals surface area (Å²) in [5.74, 6) is -0.206. The molecule has 1 aromatic heterocycles. The Morgan fingerprint density at radius 3 is 2.76 bits per heavy atom. The summed E-state index contributed by atoms with van der Waals surface area (Å²) in [6.07, 6.45) is 1.68. The maximum absolute atomic E-state index is 12.5. The minimum absolute atomic E-state index is 0.206. The zero-order chi connectivity index (χ0) is 14.8. The molecule has 0 saturated heterocycles. The third-order valence-corrected chi connectivity index (χ3v) is 3.95. The Labute approximate surface area is 135 Å². The molecular formula is C16H10BrClN2O. The summed E-state index contributed by atoms with van der Waals surface area (Å²) in [6, 6.07) is 14.5. The molecule has 0 aliphatic carbocycles. The number of nitrogens with one attached hydrogen (secondary N) is 1. The van der Waals surface area contributed by atoms with E-state index >= 15 is 0 Å². The fourth-order valence-electron chi connectivity index (χ4n) is 2.07. The van der Waals surface area contributed by atoms with Crippen LogP contribution >= 0.6 is 27.5 Å². The molecule has 0 aliphatic heterocycles.